The van der Waals surface area contributed by atoms with Gasteiger partial charge in [-0.2, -0.15) is 4.98 Å². The summed E-state index contributed by atoms with van der Waals surface area (Å²) in [6.07, 6.45) is 0.568. The molecular formula is C17H20N4O2. The number of fused-ring (bicyclic) bond motifs is 1. The molecule has 2 heterocycles. The number of nitrogens with zero attached hydrogens (tertiary/aromatic N) is 3. The first-order valence-electron chi connectivity index (χ1n) is 7.60. The van der Waals surface area contributed by atoms with Crippen molar-refractivity contribution in [3.8, 4) is 0 Å². The fraction of sp³-hybridized carbons (Fsp3) is 0.353. The molecule has 0 atom stereocenters. The van der Waals surface area contributed by atoms with Gasteiger partial charge in [0.1, 0.15) is 0 Å². The van der Waals surface area contributed by atoms with E-state index in [9.17, 15) is 4.79 Å². The fourth-order valence-electron chi connectivity index (χ4n) is 2.68. The highest BCUT2D eigenvalue weighted by Crippen LogP contribution is 2.24. The maximum absolute atomic E-state index is 12.7. The number of aromatic nitrogens is 3. The number of amides is 1. The van der Waals surface area contributed by atoms with Crippen molar-refractivity contribution in [1.82, 2.24) is 20.0 Å². The van der Waals surface area contributed by atoms with Crippen molar-refractivity contribution < 1.29 is 9.32 Å². The maximum Gasteiger partial charge on any atom is 0.255 e. The summed E-state index contributed by atoms with van der Waals surface area (Å²) in [7, 11) is 1.79. The normalized spacial score (nSPS) is 11.1. The molecule has 0 unspecified atom stereocenters. The zero-order valence-electron chi connectivity index (χ0n) is 13.8. The number of likely N-dealkylation sites (N-methyl/N-ethyl adjacent to an activating group) is 1. The third kappa shape index (κ3) is 2.84. The molecule has 6 nitrogen and oxygen atoms in total. The SMILES string of the molecule is Cc1nc(CCN(C)C(=O)c2cccc3c(C)c(C)[nH]c23)no1. The van der Waals surface area contributed by atoms with Crippen LogP contribution in [-0.2, 0) is 6.42 Å². The van der Waals surface area contributed by atoms with E-state index in [4.69, 9.17) is 4.52 Å². The lowest BCUT2D eigenvalue weighted by molar-refractivity contribution is 0.0797. The average Bonchev–Trinajstić information content (AvgIpc) is 3.08. The van der Waals surface area contributed by atoms with Gasteiger partial charge in [0.2, 0.25) is 5.89 Å². The van der Waals surface area contributed by atoms with Crippen LogP contribution in [0.4, 0.5) is 0 Å². The van der Waals surface area contributed by atoms with E-state index in [0.717, 1.165) is 16.6 Å². The number of rotatable bonds is 4. The van der Waals surface area contributed by atoms with Crippen LogP contribution in [0.3, 0.4) is 0 Å². The minimum absolute atomic E-state index is 0.0166. The van der Waals surface area contributed by atoms with Crippen LogP contribution in [0.5, 0.6) is 0 Å². The molecule has 0 fully saturated rings. The first kappa shape index (κ1) is 15.3. The Kier molecular flexibility index (Phi) is 3.90. The number of nitrogens with one attached hydrogen (secondary N) is 1. The second kappa shape index (κ2) is 5.87. The van der Waals surface area contributed by atoms with Crippen molar-refractivity contribution in [2.75, 3.05) is 13.6 Å². The van der Waals surface area contributed by atoms with E-state index < -0.39 is 0 Å². The number of aryl methyl sites for hydroxylation is 3. The molecule has 3 rings (SSSR count). The smallest absolute Gasteiger partial charge is 0.255 e. The highest BCUT2D eigenvalue weighted by molar-refractivity contribution is 6.06. The van der Waals surface area contributed by atoms with E-state index in [1.165, 1.54) is 5.56 Å². The molecule has 3 aromatic rings. The molecule has 0 aliphatic rings. The number of carbonyl (C=O) groups excluding carboxylic acids is 1. The Morgan fingerprint density at radius 3 is 2.78 bits per heavy atom. The van der Waals surface area contributed by atoms with Crippen LogP contribution in [0.15, 0.2) is 22.7 Å². The highest BCUT2D eigenvalue weighted by atomic mass is 16.5. The van der Waals surface area contributed by atoms with Gasteiger partial charge in [-0.25, -0.2) is 0 Å². The third-order valence-corrected chi connectivity index (χ3v) is 4.16. The lowest BCUT2D eigenvalue weighted by Crippen LogP contribution is -2.29. The number of hydrogen-bond donors (Lipinski definition) is 1. The summed E-state index contributed by atoms with van der Waals surface area (Å²) in [6, 6.07) is 5.81. The van der Waals surface area contributed by atoms with Gasteiger partial charge in [-0.1, -0.05) is 17.3 Å². The predicted molar refractivity (Wildman–Crippen MR) is 87.5 cm³/mol. The molecule has 0 radical (unpaired) electrons. The molecule has 2 aromatic heterocycles. The Bertz CT molecular complexity index is 863. The second-order valence-corrected chi connectivity index (χ2v) is 5.81. The summed E-state index contributed by atoms with van der Waals surface area (Å²) in [5.41, 5.74) is 3.85. The number of hydrogen-bond acceptors (Lipinski definition) is 4. The van der Waals surface area contributed by atoms with E-state index in [0.29, 0.717) is 30.2 Å². The predicted octanol–water partition coefficient (Wildman–Crippen LogP) is 2.79. The fourth-order valence-corrected chi connectivity index (χ4v) is 2.68. The van der Waals surface area contributed by atoms with E-state index in [2.05, 4.69) is 22.0 Å². The molecule has 1 N–H and O–H groups in total. The molecule has 23 heavy (non-hydrogen) atoms. The van der Waals surface area contributed by atoms with Gasteiger partial charge in [0.25, 0.3) is 5.91 Å². The van der Waals surface area contributed by atoms with Gasteiger partial charge in [-0.15, -0.1) is 0 Å². The van der Waals surface area contributed by atoms with Gasteiger partial charge in [-0.05, 0) is 25.5 Å². The molecule has 0 saturated heterocycles. The Labute approximate surface area is 134 Å². The van der Waals surface area contributed by atoms with Crippen molar-refractivity contribution in [2.45, 2.75) is 27.2 Å². The minimum Gasteiger partial charge on any atom is -0.358 e. The van der Waals surface area contributed by atoms with E-state index in [1.54, 1.807) is 18.9 Å². The summed E-state index contributed by atoms with van der Waals surface area (Å²) in [4.78, 5) is 21.9. The summed E-state index contributed by atoms with van der Waals surface area (Å²) < 4.78 is 4.95. The molecule has 0 aliphatic carbocycles. The van der Waals surface area contributed by atoms with Gasteiger partial charge in [0, 0.05) is 38.0 Å². The van der Waals surface area contributed by atoms with E-state index in [1.807, 2.05) is 25.1 Å². The Morgan fingerprint density at radius 1 is 1.30 bits per heavy atom. The van der Waals surface area contributed by atoms with Gasteiger partial charge < -0.3 is 14.4 Å². The van der Waals surface area contributed by atoms with E-state index >= 15 is 0 Å². The van der Waals surface area contributed by atoms with Crippen LogP contribution < -0.4 is 0 Å². The second-order valence-electron chi connectivity index (χ2n) is 5.81. The van der Waals surface area contributed by atoms with Crippen LogP contribution >= 0.6 is 0 Å². The molecule has 0 aliphatic heterocycles. The van der Waals surface area contributed by atoms with Gasteiger partial charge in [-0.3, -0.25) is 4.79 Å². The highest BCUT2D eigenvalue weighted by Gasteiger charge is 2.17. The standard InChI is InChI=1S/C17H20N4O2/c1-10-11(2)18-16-13(10)6-5-7-14(16)17(22)21(4)9-8-15-19-12(3)23-20-15/h5-7,18H,8-9H2,1-4H3. The van der Waals surface area contributed by atoms with Crippen LogP contribution in [0.25, 0.3) is 10.9 Å². The van der Waals surface area contributed by atoms with Crippen LogP contribution in [0, 0.1) is 20.8 Å². The van der Waals surface area contributed by atoms with E-state index in [-0.39, 0.29) is 5.91 Å². The topological polar surface area (TPSA) is 75.0 Å². The molecular weight excluding hydrogens is 292 g/mol. The maximum atomic E-state index is 12.7. The molecule has 0 saturated carbocycles. The number of para-hydroxylation sites is 1. The van der Waals surface area contributed by atoms with Crippen molar-refractivity contribution in [3.63, 3.8) is 0 Å². The number of benzene rings is 1. The van der Waals surface area contributed by atoms with Crippen molar-refractivity contribution >= 4 is 16.8 Å². The molecule has 0 bridgehead atoms. The lowest BCUT2D eigenvalue weighted by Gasteiger charge is -2.16. The van der Waals surface area contributed by atoms with Gasteiger partial charge >= 0.3 is 0 Å². The van der Waals surface area contributed by atoms with Crippen molar-refractivity contribution in [1.29, 1.82) is 0 Å². The molecule has 6 heteroatoms. The molecule has 120 valence electrons. The lowest BCUT2D eigenvalue weighted by atomic mass is 10.1. The molecule has 1 aromatic carbocycles. The number of H-pyrrole nitrogens is 1. The zero-order chi connectivity index (χ0) is 16.6. The summed E-state index contributed by atoms with van der Waals surface area (Å²) in [5, 5.41) is 4.95. The monoisotopic (exact) mass is 312 g/mol. The van der Waals surface area contributed by atoms with Gasteiger partial charge in [0.05, 0.1) is 11.1 Å². The number of carbonyl (C=O) groups is 1. The molecule has 1 amide bonds. The summed E-state index contributed by atoms with van der Waals surface area (Å²) in [5.74, 6) is 1.14. The summed E-state index contributed by atoms with van der Waals surface area (Å²) in [6.45, 7) is 6.37. The quantitative estimate of drug-likeness (QED) is 0.804. The van der Waals surface area contributed by atoms with Crippen molar-refractivity contribution in [3.05, 3.63) is 46.7 Å². The van der Waals surface area contributed by atoms with Crippen LogP contribution in [0.1, 0.15) is 33.3 Å². The molecule has 0 spiro atoms. The van der Waals surface area contributed by atoms with Gasteiger partial charge in [0.15, 0.2) is 5.82 Å². The zero-order valence-corrected chi connectivity index (χ0v) is 13.8. The van der Waals surface area contributed by atoms with Crippen LogP contribution in [0.2, 0.25) is 0 Å². The largest absolute Gasteiger partial charge is 0.358 e. The Balaban J connectivity index is 1.81. The van der Waals surface area contributed by atoms with Crippen molar-refractivity contribution in [2.24, 2.45) is 0 Å². The summed E-state index contributed by atoms with van der Waals surface area (Å²) >= 11 is 0. The number of aromatic amines is 1. The average molecular weight is 312 g/mol. The first-order chi connectivity index (χ1) is 11.0. The first-order valence-corrected chi connectivity index (χ1v) is 7.60. The van der Waals surface area contributed by atoms with Crippen LogP contribution in [-0.4, -0.2) is 39.5 Å². The minimum atomic E-state index is -0.0166. The Morgan fingerprint density at radius 2 is 2.09 bits per heavy atom. The third-order valence-electron chi connectivity index (χ3n) is 4.16. The Hall–Kier alpha value is -2.63.